The summed E-state index contributed by atoms with van der Waals surface area (Å²) < 4.78 is 39.4. The van der Waals surface area contributed by atoms with Crippen molar-refractivity contribution in [2.45, 2.75) is 12.6 Å². The molecule has 3 rings (SSSR count). The lowest BCUT2D eigenvalue weighted by Crippen LogP contribution is -2.27. The summed E-state index contributed by atoms with van der Waals surface area (Å²) in [5.74, 6) is -0.217. The van der Waals surface area contributed by atoms with Gasteiger partial charge < -0.3 is 4.90 Å². The number of carbonyl (C=O) groups is 1. The molecule has 1 aliphatic heterocycles. The molecule has 0 radical (unpaired) electrons. The molecule has 0 saturated heterocycles. The number of likely N-dealkylation sites (N-methyl/N-ethyl adjacent to an activating group) is 1. The van der Waals surface area contributed by atoms with E-state index in [4.69, 9.17) is 10.5 Å². The van der Waals surface area contributed by atoms with E-state index in [1.165, 1.54) is 17.6 Å². The highest BCUT2D eigenvalue weighted by atomic mass is 19.4. The van der Waals surface area contributed by atoms with Crippen LogP contribution < -0.4 is 10.4 Å². The Morgan fingerprint density at radius 1 is 1.33 bits per heavy atom. The van der Waals surface area contributed by atoms with Crippen LogP contribution in [-0.2, 0) is 12.6 Å². The third-order valence-electron chi connectivity index (χ3n) is 4.23. The van der Waals surface area contributed by atoms with Gasteiger partial charge in [0, 0.05) is 24.7 Å². The van der Waals surface area contributed by atoms with Gasteiger partial charge in [-0.1, -0.05) is 6.07 Å². The summed E-state index contributed by atoms with van der Waals surface area (Å²) in [5.41, 5.74) is 1.54. The number of benzene rings is 2. The van der Waals surface area contributed by atoms with Gasteiger partial charge in [0.15, 0.2) is 0 Å². The largest absolute Gasteiger partial charge is 0.417 e. The molecule has 2 aromatic carbocycles. The molecule has 1 amide bonds. The number of carbonyl (C=O) groups excluding carboxylic acids is 1. The van der Waals surface area contributed by atoms with Crippen molar-refractivity contribution in [3.8, 4) is 6.07 Å². The van der Waals surface area contributed by atoms with Gasteiger partial charge in [-0.25, -0.2) is 10.5 Å². The molecule has 9 heteroatoms. The Morgan fingerprint density at radius 3 is 2.70 bits per heavy atom. The van der Waals surface area contributed by atoms with E-state index in [2.05, 4.69) is 4.99 Å². The lowest BCUT2D eigenvalue weighted by Gasteiger charge is -2.19. The smallest absolute Gasteiger partial charge is 0.333 e. The number of nitriles is 1. The number of hydroxylamine groups is 1. The minimum absolute atomic E-state index is 0.150. The van der Waals surface area contributed by atoms with Gasteiger partial charge in [-0.05, 0) is 35.9 Å². The molecule has 2 aromatic rings. The minimum Gasteiger partial charge on any atom is -0.333 e. The highest BCUT2D eigenvalue weighted by molar-refractivity contribution is 6.04. The molecule has 2 N–H and O–H groups in total. The second-order valence-corrected chi connectivity index (χ2v) is 5.89. The van der Waals surface area contributed by atoms with Crippen molar-refractivity contribution in [3.05, 3.63) is 58.7 Å². The van der Waals surface area contributed by atoms with E-state index in [-0.39, 0.29) is 12.0 Å². The van der Waals surface area contributed by atoms with E-state index in [1.807, 2.05) is 0 Å². The normalized spacial score (nSPS) is 12.8. The van der Waals surface area contributed by atoms with Crippen LogP contribution in [0.15, 0.2) is 41.4 Å². The fourth-order valence-electron chi connectivity index (χ4n) is 2.82. The van der Waals surface area contributed by atoms with Crippen LogP contribution in [0.3, 0.4) is 0 Å². The maximum Gasteiger partial charge on any atom is 0.417 e. The maximum absolute atomic E-state index is 13.1. The average molecular weight is 374 g/mol. The summed E-state index contributed by atoms with van der Waals surface area (Å²) in [7, 11) is 1.66. The van der Waals surface area contributed by atoms with Gasteiger partial charge in [0.2, 0.25) is 0 Å². The highest BCUT2D eigenvalue weighted by Gasteiger charge is 2.35. The number of alkyl halides is 3. The average Bonchev–Trinajstić information content (AvgIpc) is 3.08. The molecule has 0 spiro atoms. The van der Waals surface area contributed by atoms with Crippen molar-refractivity contribution in [1.82, 2.24) is 5.48 Å². The Balaban J connectivity index is 1.94. The van der Waals surface area contributed by atoms with Crippen molar-refractivity contribution in [1.29, 1.82) is 5.26 Å². The number of anilines is 1. The molecule has 0 saturated carbocycles. The first-order chi connectivity index (χ1) is 12.7. The molecular formula is C18H13F3N4O2. The zero-order valence-corrected chi connectivity index (χ0v) is 14.0. The second kappa shape index (κ2) is 6.74. The minimum atomic E-state index is -4.62. The zero-order chi connectivity index (χ0) is 19.8. The highest BCUT2D eigenvalue weighted by Crippen LogP contribution is 2.38. The monoisotopic (exact) mass is 374 g/mol. The summed E-state index contributed by atoms with van der Waals surface area (Å²) in [6.45, 7) is 0. The molecule has 0 bridgehead atoms. The first-order valence-electron chi connectivity index (χ1n) is 7.74. The van der Waals surface area contributed by atoms with Crippen LogP contribution in [0.1, 0.15) is 27.0 Å². The third kappa shape index (κ3) is 3.47. The molecule has 0 atom stereocenters. The Labute approximate surface area is 152 Å². The number of halogens is 3. The standard InChI is InChI=1S/C18H13F3N4O2/c1-25(13-4-2-3-10(5-13)17(26)24-27)16-8-11-6-14(18(19,20)21)12(9-22)7-15(11)23-16/h2-7,27H,8H2,1H3,(H,24,26). The van der Waals surface area contributed by atoms with Crippen molar-refractivity contribution in [3.63, 3.8) is 0 Å². The van der Waals surface area contributed by atoms with E-state index >= 15 is 0 Å². The van der Waals surface area contributed by atoms with Crippen LogP contribution in [0, 0.1) is 11.3 Å². The van der Waals surface area contributed by atoms with Crippen molar-refractivity contribution >= 4 is 23.1 Å². The molecule has 1 aliphatic rings. The topological polar surface area (TPSA) is 88.7 Å². The van der Waals surface area contributed by atoms with Crippen LogP contribution in [0.4, 0.5) is 24.5 Å². The summed E-state index contributed by atoms with van der Waals surface area (Å²) >= 11 is 0. The fraction of sp³-hybridized carbons (Fsp3) is 0.167. The van der Waals surface area contributed by atoms with Crippen LogP contribution >= 0.6 is 0 Å². The van der Waals surface area contributed by atoms with Crippen molar-refractivity contribution in [2.75, 3.05) is 11.9 Å². The molecule has 27 heavy (non-hydrogen) atoms. The van der Waals surface area contributed by atoms with Crippen LogP contribution in [0.2, 0.25) is 0 Å². The van der Waals surface area contributed by atoms with Crippen LogP contribution in [0.25, 0.3) is 0 Å². The number of nitrogens with zero attached hydrogens (tertiary/aromatic N) is 3. The molecule has 0 aliphatic carbocycles. The number of hydrogen-bond acceptors (Lipinski definition) is 5. The summed E-state index contributed by atoms with van der Waals surface area (Å²) in [4.78, 5) is 17.5. The van der Waals surface area contributed by atoms with E-state index in [1.54, 1.807) is 30.1 Å². The number of rotatable bonds is 2. The van der Waals surface area contributed by atoms with E-state index in [0.29, 0.717) is 22.8 Å². The Kier molecular flexibility index (Phi) is 4.59. The van der Waals surface area contributed by atoms with Gasteiger partial charge in [-0.15, -0.1) is 0 Å². The molecular weight excluding hydrogens is 361 g/mol. The number of amides is 1. The van der Waals surface area contributed by atoms with Crippen molar-refractivity contribution < 1.29 is 23.2 Å². The van der Waals surface area contributed by atoms with E-state index in [0.717, 1.165) is 12.1 Å². The third-order valence-corrected chi connectivity index (χ3v) is 4.23. The summed E-state index contributed by atoms with van der Waals surface area (Å²) in [5, 5.41) is 17.7. The first-order valence-corrected chi connectivity index (χ1v) is 7.74. The predicted molar refractivity (Wildman–Crippen MR) is 91.1 cm³/mol. The van der Waals surface area contributed by atoms with Gasteiger partial charge in [-0.3, -0.25) is 10.0 Å². The zero-order valence-electron chi connectivity index (χ0n) is 14.0. The molecule has 1 heterocycles. The number of hydrogen-bond donors (Lipinski definition) is 2. The second-order valence-electron chi connectivity index (χ2n) is 5.89. The lowest BCUT2D eigenvalue weighted by atomic mass is 10.0. The Morgan fingerprint density at radius 2 is 2.07 bits per heavy atom. The summed E-state index contributed by atoms with van der Waals surface area (Å²) in [6, 6.07) is 9.97. The fourth-order valence-corrected chi connectivity index (χ4v) is 2.82. The maximum atomic E-state index is 13.1. The van der Waals surface area contributed by atoms with Gasteiger partial charge >= 0.3 is 6.18 Å². The number of aliphatic imine (C=N–C) groups is 1. The number of nitrogens with one attached hydrogen (secondary N) is 1. The van der Waals surface area contributed by atoms with Gasteiger partial charge in [0.05, 0.1) is 22.9 Å². The Bertz CT molecular complexity index is 993. The van der Waals surface area contributed by atoms with Crippen molar-refractivity contribution in [2.24, 2.45) is 4.99 Å². The quantitative estimate of drug-likeness (QED) is 0.623. The molecule has 0 fully saturated rings. The van der Waals surface area contributed by atoms with E-state index < -0.39 is 23.2 Å². The first kappa shape index (κ1) is 18.4. The molecule has 0 unspecified atom stereocenters. The van der Waals surface area contributed by atoms with Crippen LogP contribution in [-0.4, -0.2) is 24.0 Å². The van der Waals surface area contributed by atoms with Crippen LogP contribution in [0.5, 0.6) is 0 Å². The lowest BCUT2D eigenvalue weighted by molar-refractivity contribution is -0.137. The number of amidine groups is 1. The molecule has 0 aromatic heterocycles. The SMILES string of the molecule is CN(C1=Nc2cc(C#N)c(C(F)(F)F)cc2C1)c1cccc(C(=O)NO)c1. The Hall–Kier alpha value is -3.38. The predicted octanol–water partition coefficient (Wildman–Crippen LogP) is 3.42. The molecule has 138 valence electrons. The molecule has 6 nitrogen and oxygen atoms in total. The van der Waals surface area contributed by atoms with E-state index in [9.17, 15) is 18.0 Å². The van der Waals surface area contributed by atoms with Gasteiger partial charge in [0.1, 0.15) is 5.84 Å². The van der Waals surface area contributed by atoms with Gasteiger partial charge in [-0.2, -0.15) is 18.4 Å². The van der Waals surface area contributed by atoms with Gasteiger partial charge in [0.25, 0.3) is 5.91 Å². The number of fused-ring (bicyclic) bond motifs is 1. The summed E-state index contributed by atoms with van der Waals surface area (Å²) in [6.07, 6.45) is -4.47.